The number of amides is 1. The Morgan fingerprint density at radius 1 is 1.00 bits per heavy atom. The van der Waals surface area contributed by atoms with E-state index in [4.69, 9.17) is 9.47 Å². The molecule has 1 amide bonds. The fourth-order valence-corrected chi connectivity index (χ4v) is 6.64. The molecule has 242 valence electrons. The zero-order valence-electron chi connectivity index (χ0n) is 26.6. The second-order valence-electron chi connectivity index (χ2n) is 11.9. The minimum Gasteiger partial charge on any atom is -0.497 e. The van der Waals surface area contributed by atoms with Gasteiger partial charge < -0.3 is 19.5 Å². The zero-order chi connectivity index (χ0) is 32.8. The zero-order valence-corrected chi connectivity index (χ0v) is 27.4. The van der Waals surface area contributed by atoms with Crippen molar-refractivity contribution in [3.05, 3.63) is 108 Å². The van der Waals surface area contributed by atoms with Gasteiger partial charge in [0.15, 0.2) is 0 Å². The van der Waals surface area contributed by atoms with Crippen LogP contribution in [-0.2, 0) is 16.6 Å². The first-order valence-corrected chi connectivity index (χ1v) is 16.8. The SMILES string of the molecule is COc1ccc(S(=O)(=O)Nc2ccc3c(c2)C(=O)N([C@@H](C)CO)C[C@H](C)[C@@H](CN(C)Cc2ccc(-c4ccccc4)cc2)O3)cc1. The van der Waals surface area contributed by atoms with Gasteiger partial charge in [-0.05, 0) is 73.1 Å². The molecule has 0 saturated heterocycles. The summed E-state index contributed by atoms with van der Waals surface area (Å²) in [7, 11) is -0.388. The van der Waals surface area contributed by atoms with Crippen molar-refractivity contribution in [2.45, 2.75) is 37.4 Å². The summed E-state index contributed by atoms with van der Waals surface area (Å²) < 4.78 is 40.5. The Morgan fingerprint density at radius 2 is 1.67 bits per heavy atom. The summed E-state index contributed by atoms with van der Waals surface area (Å²) in [6.45, 7) is 5.29. The number of benzene rings is 4. The highest BCUT2D eigenvalue weighted by Gasteiger charge is 2.34. The number of ether oxygens (including phenoxy) is 2. The van der Waals surface area contributed by atoms with E-state index >= 15 is 0 Å². The van der Waals surface area contributed by atoms with Gasteiger partial charge >= 0.3 is 0 Å². The molecule has 3 atom stereocenters. The van der Waals surface area contributed by atoms with Crippen molar-refractivity contribution in [1.29, 1.82) is 0 Å². The Labute approximate surface area is 271 Å². The molecular formula is C36H41N3O6S. The molecule has 0 bridgehead atoms. The van der Waals surface area contributed by atoms with E-state index in [1.165, 1.54) is 36.4 Å². The van der Waals surface area contributed by atoms with Gasteiger partial charge in [0.25, 0.3) is 15.9 Å². The van der Waals surface area contributed by atoms with Crippen LogP contribution in [0.25, 0.3) is 11.1 Å². The number of carbonyl (C=O) groups is 1. The maximum absolute atomic E-state index is 13.8. The van der Waals surface area contributed by atoms with Crippen molar-refractivity contribution in [2.75, 3.05) is 38.6 Å². The summed E-state index contributed by atoms with van der Waals surface area (Å²) in [6.07, 6.45) is -0.282. The second kappa shape index (κ2) is 14.4. The van der Waals surface area contributed by atoms with Gasteiger partial charge in [-0.25, -0.2) is 8.42 Å². The average Bonchev–Trinajstić information content (AvgIpc) is 3.07. The molecule has 0 radical (unpaired) electrons. The summed E-state index contributed by atoms with van der Waals surface area (Å²) in [5.41, 5.74) is 3.95. The molecule has 0 fully saturated rings. The number of aliphatic hydroxyl groups excluding tert-OH is 1. The van der Waals surface area contributed by atoms with Crippen molar-refractivity contribution in [3.63, 3.8) is 0 Å². The summed E-state index contributed by atoms with van der Waals surface area (Å²) >= 11 is 0. The van der Waals surface area contributed by atoms with Gasteiger partial charge in [0, 0.05) is 31.2 Å². The first kappa shape index (κ1) is 33.0. The third kappa shape index (κ3) is 7.70. The summed E-state index contributed by atoms with van der Waals surface area (Å²) in [6, 6.07) is 29.1. The molecule has 4 aromatic carbocycles. The maximum Gasteiger partial charge on any atom is 0.261 e. The largest absolute Gasteiger partial charge is 0.497 e. The molecular weight excluding hydrogens is 602 g/mol. The van der Waals surface area contributed by atoms with Crippen molar-refractivity contribution in [1.82, 2.24) is 9.80 Å². The second-order valence-corrected chi connectivity index (χ2v) is 13.6. The van der Waals surface area contributed by atoms with E-state index in [2.05, 4.69) is 46.0 Å². The summed E-state index contributed by atoms with van der Waals surface area (Å²) in [4.78, 5) is 17.7. The molecule has 2 N–H and O–H groups in total. The molecule has 0 saturated carbocycles. The molecule has 46 heavy (non-hydrogen) atoms. The van der Waals surface area contributed by atoms with Gasteiger partial charge in [0.05, 0.1) is 30.2 Å². The highest BCUT2D eigenvalue weighted by atomic mass is 32.2. The van der Waals surface area contributed by atoms with Crippen molar-refractivity contribution in [2.24, 2.45) is 5.92 Å². The molecule has 5 rings (SSSR count). The fourth-order valence-electron chi connectivity index (χ4n) is 5.59. The minimum absolute atomic E-state index is 0.0535. The lowest BCUT2D eigenvalue weighted by Crippen LogP contribution is -2.49. The third-order valence-electron chi connectivity index (χ3n) is 8.29. The highest BCUT2D eigenvalue weighted by molar-refractivity contribution is 7.92. The molecule has 0 aromatic heterocycles. The number of nitrogens with one attached hydrogen (secondary N) is 1. The van der Waals surface area contributed by atoms with Crippen molar-refractivity contribution < 1.29 is 27.8 Å². The number of anilines is 1. The lowest BCUT2D eigenvalue weighted by molar-refractivity contribution is 0.0341. The number of hydrogen-bond donors (Lipinski definition) is 2. The number of nitrogens with zero attached hydrogens (tertiary/aromatic N) is 2. The number of fused-ring (bicyclic) bond motifs is 1. The van der Waals surface area contributed by atoms with E-state index in [0.29, 0.717) is 31.1 Å². The molecule has 1 aliphatic rings. The van der Waals surface area contributed by atoms with E-state index in [1.807, 2.05) is 32.2 Å². The van der Waals surface area contributed by atoms with E-state index in [1.54, 1.807) is 36.1 Å². The summed E-state index contributed by atoms with van der Waals surface area (Å²) in [5, 5.41) is 10.0. The maximum atomic E-state index is 13.8. The predicted molar refractivity (Wildman–Crippen MR) is 180 cm³/mol. The van der Waals surface area contributed by atoms with E-state index in [9.17, 15) is 18.3 Å². The van der Waals surface area contributed by atoms with Gasteiger partial charge in [-0.1, -0.05) is 61.5 Å². The third-order valence-corrected chi connectivity index (χ3v) is 9.69. The number of aliphatic hydroxyl groups is 1. The van der Waals surface area contributed by atoms with Crippen LogP contribution in [0.2, 0.25) is 0 Å². The van der Waals surface area contributed by atoms with Gasteiger partial charge in [-0.15, -0.1) is 0 Å². The lowest BCUT2D eigenvalue weighted by atomic mass is 9.99. The molecule has 1 heterocycles. The van der Waals surface area contributed by atoms with Gasteiger partial charge in [-0.3, -0.25) is 14.4 Å². The van der Waals surface area contributed by atoms with Crippen LogP contribution >= 0.6 is 0 Å². The topological polar surface area (TPSA) is 108 Å². The van der Waals surface area contributed by atoms with Crippen molar-refractivity contribution >= 4 is 21.6 Å². The Bertz CT molecular complexity index is 1730. The number of hydrogen-bond acceptors (Lipinski definition) is 7. The molecule has 0 spiro atoms. The van der Waals surface area contributed by atoms with E-state index in [-0.39, 0.29) is 40.7 Å². The molecule has 1 aliphatic heterocycles. The molecule has 0 aliphatic carbocycles. The normalized spacial score (nSPS) is 17.4. The van der Waals surface area contributed by atoms with Gasteiger partial charge in [0.2, 0.25) is 0 Å². The Balaban J connectivity index is 1.36. The smallest absolute Gasteiger partial charge is 0.261 e. The van der Waals surface area contributed by atoms with Crippen LogP contribution in [0.3, 0.4) is 0 Å². The number of sulfonamides is 1. The monoisotopic (exact) mass is 643 g/mol. The summed E-state index contributed by atoms with van der Waals surface area (Å²) in [5.74, 6) is 0.516. The van der Waals surface area contributed by atoms with Crippen LogP contribution < -0.4 is 14.2 Å². The average molecular weight is 644 g/mol. The first-order valence-electron chi connectivity index (χ1n) is 15.3. The molecule has 10 heteroatoms. The van der Waals surface area contributed by atoms with Crippen LogP contribution in [0.5, 0.6) is 11.5 Å². The Hall–Kier alpha value is -4.38. The van der Waals surface area contributed by atoms with Crippen LogP contribution in [0.15, 0.2) is 102 Å². The van der Waals surface area contributed by atoms with Crippen LogP contribution in [0, 0.1) is 5.92 Å². The van der Waals surface area contributed by atoms with Gasteiger partial charge in [0.1, 0.15) is 17.6 Å². The highest BCUT2D eigenvalue weighted by Crippen LogP contribution is 2.32. The van der Waals surface area contributed by atoms with E-state index < -0.39 is 16.1 Å². The number of likely N-dealkylation sites (N-methyl/N-ethyl adjacent to an activating group) is 1. The van der Waals surface area contributed by atoms with Crippen LogP contribution in [0.4, 0.5) is 5.69 Å². The Morgan fingerprint density at radius 3 is 2.33 bits per heavy atom. The number of rotatable bonds is 11. The lowest BCUT2D eigenvalue weighted by Gasteiger charge is -2.38. The fraction of sp³-hybridized carbons (Fsp3) is 0.306. The molecule has 9 nitrogen and oxygen atoms in total. The predicted octanol–water partition coefficient (Wildman–Crippen LogP) is 5.52. The Kier molecular flexibility index (Phi) is 10.3. The van der Waals surface area contributed by atoms with Gasteiger partial charge in [-0.2, -0.15) is 0 Å². The first-order chi connectivity index (χ1) is 22.1. The van der Waals surface area contributed by atoms with E-state index in [0.717, 1.165) is 5.56 Å². The quantitative estimate of drug-likeness (QED) is 0.222. The van der Waals surface area contributed by atoms with Crippen LogP contribution in [0.1, 0.15) is 29.8 Å². The van der Waals surface area contributed by atoms with Crippen molar-refractivity contribution in [3.8, 4) is 22.6 Å². The molecule has 0 unspecified atom stereocenters. The number of carbonyl (C=O) groups excluding carboxylic acids is 1. The number of methoxy groups -OCH3 is 1. The standard InChI is InChI=1S/C36H41N3O6S/c1-25-21-39(26(2)24-40)36(41)33-20-30(37-46(42,43)32-17-15-31(44-4)16-18-32)14-19-34(33)45-35(25)23-38(3)22-27-10-12-29(13-11-27)28-8-6-5-7-9-28/h5-20,25-26,35,37,40H,21-24H2,1-4H3/t25-,26-,35+/m0/s1. The molecule has 4 aromatic rings. The minimum atomic E-state index is -3.93. The van der Waals surface area contributed by atoms with Crippen LogP contribution in [-0.4, -0.2) is 75.2 Å².